The first-order valence-electron chi connectivity index (χ1n) is 9.18. The van der Waals surface area contributed by atoms with Crippen LogP contribution in [0, 0.1) is 0 Å². The van der Waals surface area contributed by atoms with Gasteiger partial charge in [0.2, 0.25) is 0 Å². The Morgan fingerprint density at radius 2 is 1.71 bits per heavy atom. The number of benzene rings is 3. The Balaban J connectivity index is 1.45. The first-order chi connectivity index (χ1) is 13.6. The first kappa shape index (κ1) is 20.0. The molecule has 3 aromatic carbocycles. The lowest BCUT2D eigenvalue weighted by Gasteiger charge is -2.09. The van der Waals surface area contributed by atoms with Gasteiger partial charge >= 0.3 is 0 Å². The molecule has 0 aliphatic carbocycles. The van der Waals surface area contributed by atoms with Crippen LogP contribution in [-0.4, -0.2) is 17.6 Å². The number of phenolic OH excluding ortho intramolecular Hbond substituents is 1. The summed E-state index contributed by atoms with van der Waals surface area (Å²) >= 11 is 3.32. The van der Waals surface area contributed by atoms with Gasteiger partial charge in [0.05, 0.1) is 12.3 Å². The first-order valence-corrected chi connectivity index (χ1v) is 9.98. The van der Waals surface area contributed by atoms with E-state index in [1.807, 2.05) is 6.07 Å². The fraction of sp³-hybridized carbons (Fsp3) is 0.174. The van der Waals surface area contributed by atoms with Crippen molar-refractivity contribution in [2.75, 3.05) is 11.9 Å². The van der Waals surface area contributed by atoms with Gasteiger partial charge in [-0.15, -0.1) is 0 Å². The summed E-state index contributed by atoms with van der Waals surface area (Å²) in [6.45, 7) is 0.643. The summed E-state index contributed by atoms with van der Waals surface area (Å²) in [5.41, 5.74) is 2.20. The van der Waals surface area contributed by atoms with Crippen molar-refractivity contribution in [1.29, 1.82) is 0 Å². The molecule has 0 unspecified atom stereocenters. The summed E-state index contributed by atoms with van der Waals surface area (Å²) in [4.78, 5) is 12.3. The zero-order chi connectivity index (χ0) is 19.8. The van der Waals surface area contributed by atoms with E-state index in [1.54, 1.807) is 36.4 Å². The van der Waals surface area contributed by atoms with Crippen molar-refractivity contribution in [3.63, 3.8) is 0 Å². The van der Waals surface area contributed by atoms with Crippen LogP contribution in [0.5, 0.6) is 11.5 Å². The van der Waals surface area contributed by atoms with Gasteiger partial charge in [-0.3, -0.25) is 4.79 Å². The summed E-state index contributed by atoms with van der Waals surface area (Å²) in [5.74, 6) is 0.469. The fourth-order valence-electron chi connectivity index (χ4n) is 2.77. The van der Waals surface area contributed by atoms with Gasteiger partial charge < -0.3 is 15.2 Å². The van der Waals surface area contributed by atoms with Gasteiger partial charge in [0.25, 0.3) is 5.91 Å². The Kier molecular flexibility index (Phi) is 7.09. The Bertz CT molecular complexity index is 911. The molecule has 2 N–H and O–H groups in total. The van der Waals surface area contributed by atoms with Crippen LogP contribution in [0.15, 0.2) is 77.3 Å². The molecule has 0 fully saturated rings. The molecule has 28 heavy (non-hydrogen) atoms. The van der Waals surface area contributed by atoms with Gasteiger partial charge in [-0.05, 0) is 67.3 Å². The second kappa shape index (κ2) is 9.95. The predicted octanol–water partition coefficient (Wildman–Crippen LogP) is 5.81. The van der Waals surface area contributed by atoms with Crippen LogP contribution in [0.2, 0.25) is 0 Å². The van der Waals surface area contributed by atoms with Crippen molar-refractivity contribution in [1.82, 2.24) is 0 Å². The second-order valence-corrected chi connectivity index (χ2v) is 7.35. The number of amides is 1. The maximum Gasteiger partial charge on any atom is 0.255 e. The van der Waals surface area contributed by atoms with Crippen LogP contribution in [0.4, 0.5) is 5.69 Å². The van der Waals surface area contributed by atoms with Crippen molar-refractivity contribution in [3.8, 4) is 11.5 Å². The maximum atomic E-state index is 12.3. The van der Waals surface area contributed by atoms with Crippen molar-refractivity contribution < 1.29 is 14.6 Å². The Morgan fingerprint density at radius 1 is 0.964 bits per heavy atom. The molecule has 0 aliphatic heterocycles. The molecule has 0 radical (unpaired) electrons. The lowest BCUT2D eigenvalue weighted by molar-refractivity contribution is 0.102. The molecule has 0 heterocycles. The van der Waals surface area contributed by atoms with Crippen LogP contribution in [0.1, 0.15) is 28.8 Å². The zero-order valence-corrected chi connectivity index (χ0v) is 17.0. The van der Waals surface area contributed by atoms with E-state index in [1.165, 1.54) is 11.6 Å². The van der Waals surface area contributed by atoms with Gasteiger partial charge in [0, 0.05) is 10.0 Å². The SMILES string of the molecule is O=C(Nc1cc(Br)ccc1O)c1ccc(OCCCCc2ccccc2)cc1. The normalized spacial score (nSPS) is 10.5. The van der Waals surface area contributed by atoms with Gasteiger partial charge in [-0.2, -0.15) is 0 Å². The molecule has 1 amide bonds. The minimum absolute atomic E-state index is 0.0204. The molecule has 3 aromatic rings. The number of aryl methyl sites for hydroxylation is 1. The number of anilines is 1. The zero-order valence-electron chi connectivity index (χ0n) is 15.4. The molecule has 4 nitrogen and oxygen atoms in total. The van der Waals surface area contributed by atoms with Crippen LogP contribution in [-0.2, 0) is 6.42 Å². The highest BCUT2D eigenvalue weighted by Gasteiger charge is 2.09. The molecule has 0 aliphatic rings. The number of hydrogen-bond acceptors (Lipinski definition) is 3. The number of carbonyl (C=O) groups excluding carboxylic acids is 1. The van der Waals surface area contributed by atoms with Crippen molar-refractivity contribution in [3.05, 3.63) is 88.4 Å². The van der Waals surface area contributed by atoms with E-state index in [4.69, 9.17) is 4.74 Å². The highest BCUT2D eigenvalue weighted by molar-refractivity contribution is 9.10. The van der Waals surface area contributed by atoms with E-state index < -0.39 is 0 Å². The number of hydrogen-bond donors (Lipinski definition) is 2. The van der Waals surface area contributed by atoms with Crippen LogP contribution in [0.3, 0.4) is 0 Å². The standard InChI is InChI=1S/C23H22BrNO3/c24-19-11-14-22(26)21(16-19)25-23(27)18-9-12-20(13-10-18)28-15-5-4-8-17-6-2-1-3-7-17/h1-3,6-7,9-14,16,26H,4-5,8,15H2,(H,25,27). The fourth-order valence-corrected chi connectivity index (χ4v) is 3.13. The predicted molar refractivity (Wildman–Crippen MR) is 115 cm³/mol. The molecular formula is C23H22BrNO3. The number of nitrogens with one attached hydrogen (secondary N) is 1. The summed E-state index contributed by atoms with van der Waals surface area (Å²) in [6.07, 6.45) is 3.09. The smallest absolute Gasteiger partial charge is 0.255 e. The van der Waals surface area contributed by atoms with Crippen molar-refractivity contribution in [2.24, 2.45) is 0 Å². The highest BCUT2D eigenvalue weighted by atomic mass is 79.9. The number of ether oxygens (including phenoxy) is 1. The minimum Gasteiger partial charge on any atom is -0.506 e. The maximum absolute atomic E-state index is 12.3. The van der Waals surface area contributed by atoms with E-state index in [0.717, 1.165) is 29.5 Å². The average molecular weight is 440 g/mol. The average Bonchev–Trinajstić information content (AvgIpc) is 2.71. The molecule has 0 spiro atoms. The number of carbonyl (C=O) groups is 1. The highest BCUT2D eigenvalue weighted by Crippen LogP contribution is 2.27. The topological polar surface area (TPSA) is 58.6 Å². The van der Waals surface area contributed by atoms with Crippen LogP contribution >= 0.6 is 15.9 Å². The summed E-state index contributed by atoms with van der Waals surface area (Å²) in [5, 5.41) is 12.5. The third-order valence-electron chi connectivity index (χ3n) is 4.29. The number of rotatable bonds is 8. The van der Waals surface area contributed by atoms with Crippen LogP contribution < -0.4 is 10.1 Å². The quantitative estimate of drug-likeness (QED) is 0.343. The Hall–Kier alpha value is -2.79. The number of unbranched alkanes of at least 4 members (excludes halogenated alkanes) is 1. The molecule has 5 heteroatoms. The Labute approximate surface area is 173 Å². The summed E-state index contributed by atoms with van der Waals surface area (Å²) < 4.78 is 6.53. The lowest BCUT2D eigenvalue weighted by Crippen LogP contribution is -2.12. The molecule has 3 rings (SSSR count). The Morgan fingerprint density at radius 3 is 2.46 bits per heavy atom. The minimum atomic E-state index is -0.289. The van der Waals surface area contributed by atoms with Crippen molar-refractivity contribution >= 4 is 27.5 Å². The van der Waals surface area contributed by atoms with Crippen molar-refractivity contribution in [2.45, 2.75) is 19.3 Å². The third-order valence-corrected chi connectivity index (χ3v) is 4.79. The molecule has 144 valence electrons. The number of aromatic hydroxyl groups is 1. The molecule has 0 saturated heterocycles. The largest absolute Gasteiger partial charge is 0.506 e. The van der Waals surface area contributed by atoms with Gasteiger partial charge in [0.1, 0.15) is 11.5 Å². The second-order valence-electron chi connectivity index (χ2n) is 6.43. The molecule has 0 aromatic heterocycles. The van der Waals surface area contributed by atoms with Gasteiger partial charge in [0.15, 0.2) is 0 Å². The van der Waals surface area contributed by atoms with Gasteiger partial charge in [-0.25, -0.2) is 0 Å². The summed E-state index contributed by atoms with van der Waals surface area (Å²) in [6, 6.07) is 22.3. The monoisotopic (exact) mass is 439 g/mol. The van der Waals surface area contributed by atoms with Gasteiger partial charge in [-0.1, -0.05) is 46.3 Å². The van der Waals surface area contributed by atoms with E-state index in [-0.39, 0.29) is 11.7 Å². The lowest BCUT2D eigenvalue weighted by atomic mass is 10.1. The molecular weight excluding hydrogens is 418 g/mol. The molecule has 0 bridgehead atoms. The number of phenols is 1. The van der Waals surface area contributed by atoms with E-state index in [2.05, 4.69) is 45.5 Å². The molecule has 0 saturated carbocycles. The van der Waals surface area contributed by atoms with E-state index in [0.29, 0.717) is 17.9 Å². The third kappa shape index (κ3) is 5.86. The summed E-state index contributed by atoms with van der Waals surface area (Å²) in [7, 11) is 0. The number of halogens is 1. The van der Waals surface area contributed by atoms with E-state index in [9.17, 15) is 9.90 Å². The van der Waals surface area contributed by atoms with E-state index >= 15 is 0 Å². The van der Waals surface area contributed by atoms with Crippen LogP contribution in [0.25, 0.3) is 0 Å². The molecule has 0 atom stereocenters.